The summed E-state index contributed by atoms with van der Waals surface area (Å²) < 4.78 is 49.5. The van der Waals surface area contributed by atoms with E-state index in [-0.39, 0.29) is 21.4 Å². The summed E-state index contributed by atoms with van der Waals surface area (Å²) in [5.74, 6) is 0. The number of rotatable bonds is 3. The number of aromatic nitrogens is 2. The van der Waals surface area contributed by atoms with Crippen LogP contribution < -0.4 is 0 Å². The minimum Gasteiger partial charge on any atom is -0.604 e. The Morgan fingerprint density at radius 3 is 2.23 bits per heavy atom. The van der Waals surface area contributed by atoms with Crippen molar-refractivity contribution < 1.29 is 22.6 Å². The van der Waals surface area contributed by atoms with E-state index in [0.29, 0.717) is 0 Å². The second kappa shape index (κ2) is 5.95. The van der Waals surface area contributed by atoms with Gasteiger partial charge in [-0.3, -0.25) is 10.1 Å². The van der Waals surface area contributed by atoms with Crippen LogP contribution in [0.25, 0.3) is 5.69 Å². The van der Waals surface area contributed by atoms with Gasteiger partial charge in [0.1, 0.15) is 18.1 Å². The molecule has 0 fully saturated rings. The van der Waals surface area contributed by atoms with Crippen molar-refractivity contribution in [3.05, 3.63) is 44.7 Å². The van der Waals surface area contributed by atoms with Crippen LogP contribution in [0.4, 0.5) is 18.9 Å². The van der Waals surface area contributed by atoms with E-state index >= 15 is 0 Å². The number of benzene rings is 1. The maximum atomic E-state index is 12.4. The van der Waals surface area contributed by atoms with E-state index in [1.807, 2.05) is 0 Å². The molecular formula is C10H4Cl2F3N3O3S. The van der Waals surface area contributed by atoms with E-state index in [1.54, 1.807) is 0 Å². The fourth-order valence-electron chi connectivity index (χ4n) is 1.53. The van der Waals surface area contributed by atoms with E-state index in [9.17, 15) is 27.8 Å². The molecule has 0 aliphatic heterocycles. The third-order valence-corrected chi connectivity index (χ3v) is 4.08. The first kappa shape index (κ1) is 16.9. The first-order valence-electron chi connectivity index (χ1n) is 5.28. The molecule has 0 radical (unpaired) electrons. The molecule has 118 valence electrons. The lowest BCUT2D eigenvalue weighted by Gasteiger charge is -2.14. The molecule has 2 aromatic rings. The van der Waals surface area contributed by atoms with Gasteiger partial charge in [-0.15, -0.1) is 13.2 Å². The second-order valence-electron chi connectivity index (χ2n) is 3.85. The number of nitrogens with zero attached hydrogens (tertiary/aromatic N) is 3. The standard InChI is InChI=1S/C10H4Cl2F3N3O3S/c11-7-1-6(22(21)10(13,14)15)2-8(12)9(7)17-4-5(3-16-17)18(19)20/h1-4H. The number of hydrogen-bond donors (Lipinski definition) is 0. The second-order valence-corrected chi connectivity index (χ2v) is 6.14. The molecule has 1 aromatic carbocycles. The quantitative estimate of drug-likeness (QED) is 0.466. The van der Waals surface area contributed by atoms with Crippen LogP contribution in [0.2, 0.25) is 10.0 Å². The highest BCUT2D eigenvalue weighted by Crippen LogP contribution is 2.37. The molecule has 0 aliphatic carbocycles. The van der Waals surface area contributed by atoms with Crippen molar-refractivity contribution in [3.63, 3.8) is 0 Å². The van der Waals surface area contributed by atoms with Crippen LogP contribution in [0, 0.1) is 10.1 Å². The Hall–Kier alpha value is -1.49. The summed E-state index contributed by atoms with van der Waals surface area (Å²) in [6.45, 7) is 0. The van der Waals surface area contributed by atoms with Crippen molar-refractivity contribution in [2.24, 2.45) is 0 Å². The Bertz CT molecular complexity index is 715. The van der Waals surface area contributed by atoms with E-state index in [4.69, 9.17) is 23.2 Å². The maximum absolute atomic E-state index is 12.4. The predicted octanol–water partition coefficient (Wildman–Crippen LogP) is 3.71. The van der Waals surface area contributed by atoms with E-state index in [1.165, 1.54) is 0 Å². The molecule has 0 amide bonds. The Balaban J connectivity index is 2.49. The third-order valence-electron chi connectivity index (χ3n) is 2.42. The van der Waals surface area contributed by atoms with Gasteiger partial charge < -0.3 is 4.55 Å². The minimum atomic E-state index is -4.96. The van der Waals surface area contributed by atoms with Crippen molar-refractivity contribution in [1.29, 1.82) is 0 Å². The number of nitro groups is 1. The molecule has 2 rings (SSSR count). The molecule has 1 atom stereocenters. The van der Waals surface area contributed by atoms with Gasteiger partial charge in [0, 0.05) is 12.1 Å². The summed E-state index contributed by atoms with van der Waals surface area (Å²) in [5, 5.41) is 13.7. The summed E-state index contributed by atoms with van der Waals surface area (Å²) in [4.78, 5) is 9.25. The highest BCUT2D eigenvalue weighted by atomic mass is 35.5. The van der Waals surface area contributed by atoms with E-state index in [2.05, 4.69) is 5.10 Å². The van der Waals surface area contributed by atoms with Crippen molar-refractivity contribution in [2.75, 3.05) is 0 Å². The molecule has 0 bridgehead atoms. The van der Waals surface area contributed by atoms with E-state index in [0.717, 1.165) is 29.2 Å². The third kappa shape index (κ3) is 3.29. The zero-order valence-electron chi connectivity index (χ0n) is 10.2. The highest BCUT2D eigenvalue weighted by Gasteiger charge is 2.46. The van der Waals surface area contributed by atoms with Gasteiger partial charge in [-0.2, -0.15) is 5.10 Å². The summed E-state index contributed by atoms with van der Waals surface area (Å²) in [5.41, 5.74) is -5.37. The van der Waals surface area contributed by atoms with Crippen LogP contribution in [-0.4, -0.2) is 24.8 Å². The van der Waals surface area contributed by atoms with Crippen LogP contribution in [0.3, 0.4) is 0 Å². The molecule has 1 unspecified atom stereocenters. The van der Waals surface area contributed by atoms with Crippen LogP contribution in [0.5, 0.6) is 0 Å². The van der Waals surface area contributed by atoms with Gasteiger partial charge in [-0.25, -0.2) is 4.68 Å². The zero-order valence-corrected chi connectivity index (χ0v) is 12.5. The SMILES string of the molecule is O=[N+]([O-])c1cnn(-c2c(Cl)cc([S+]([O-])C(F)(F)F)cc2Cl)c1. The fraction of sp³-hybridized carbons (Fsp3) is 0.100. The highest BCUT2D eigenvalue weighted by molar-refractivity contribution is 7.92. The molecule has 0 spiro atoms. The van der Waals surface area contributed by atoms with Crippen molar-refractivity contribution in [3.8, 4) is 5.69 Å². The van der Waals surface area contributed by atoms with Gasteiger partial charge in [-0.1, -0.05) is 23.2 Å². The molecule has 0 saturated carbocycles. The Labute approximate surface area is 133 Å². The molecular weight excluding hydrogens is 370 g/mol. The first-order valence-corrected chi connectivity index (χ1v) is 7.19. The first-order chi connectivity index (χ1) is 10.1. The van der Waals surface area contributed by atoms with Crippen LogP contribution in [0.15, 0.2) is 29.4 Å². The summed E-state index contributed by atoms with van der Waals surface area (Å²) in [6.07, 6.45) is 1.92. The number of halogens is 5. The van der Waals surface area contributed by atoms with Crippen molar-refractivity contribution >= 4 is 40.1 Å². The van der Waals surface area contributed by atoms with Gasteiger partial charge in [-0.05, 0) is 0 Å². The van der Waals surface area contributed by atoms with Crippen LogP contribution in [-0.2, 0) is 11.2 Å². The van der Waals surface area contributed by atoms with Gasteiger partial charge >= 0.3 is 11.2 Å². The molecule has 1 heterocycles. The molecule has 6 nitrogen and oxygen atoms in total. The predicted molar refractivity (Wildman–Crippen MR) is 72.7 cm³/mol. The summed E-state index contributed by atoms with van der Waals surface area (Å²) >= 11 is 8.38. The van der Waals surface area contributed by atoms with Crippen molar-refractivity contribution in [2.45, 2.75) is 10.4 Å². The topological polar surface area (TPSA) is 84.0 Å². The molecule has 0 aliphatic rings. The van der Waals surface area contributed by atoms with Gasteiger partial charge in [0.25, 0.3) is 0 Å². The fourth-order valence-corrected chi connectivity index (χ4v) is 3.04. The molecule has 12 heteroatoms. The molecule has 0 saturated heterocycles. The Morgan fingerprint density at radius 2 is 1.82 bits per heavy atom. The average Bonchev–Trinajstić information content (AvgIpc) is 2.85. The van der Waals surface area contributed by atoms with Gasteiger partial charge in [0.15, 0.2) is 4.90 Å². The molecule has 0 N–H and O–H groups in total. The Kier molecular flexibility index (Phi) is 4.57. The monoisotopic (exact) mass is 373 g/mol. The average molecular weight is 374 g/mol. The smallest absolute Gasteiger partial charge is 0.578 e. The van der Waals surface area contributed by atoms with Gasteiger partial charge in [0.05, 0.1) is 26.1 Å². The number of hydrogen-bond acceptors (Lipinski definition) is 4. The minimum absolute atomic E-state index is 0.0562. The normalized spacial score (nSPS) is 13.2. The Morgan fingerprint density at radius 1 is 1.27 bits per heavy atom. The van der Waals surface area contributed by atoms with E-state index < -0.39 is 26.5 Å². The summed E-state index contributed by atoms with van der Waals surface area (Å²) in [6, 6.07) is 1.64. The van der Waals surface area contributed by atoms with Crippen molar-refractivity contribution in [1.82, 2.24) is 9.78 Å². The lowest BCUT2D eigenvalue weighted by molar-refractivity contribution is -0.384. The number of alkyl halides is 3. The van der Waals surface area contributed by atoms with Crippen LogP contribution >= 0.6 is 23.2 Å². The summed E-state index contributed by atoms with van der Waals surface area (Å²) in [7, 11) is 0. The molecule has 22 heavy (non-hydrogen) atoms. The van der Waals surface area contributed by atoms with Gasteiger partial charge in [0.2, 0.25) is 0 Å². The largest absolute Gasteiger partial charge is 0.604 e. The van der Waals surface area contributed by atoms with Crippen LogP contribution in [0.1, 0.15) is 0 Å². The lowest BCUT2D eigenvalue weighted by atomic mass is 10.3. The molecule has 1 aromatic heterocycles. The maximum Gasteiger partial charge on any atom is 0.578 e. The zero-order chi connectivity index (χ0) is 16.7. The lowest BCUT2D eigenvalue weighted by Crippen LogP contribution is -2.23.